The fraction of sp³-hybridized carbons (Fsp3) is 0.308. The number of nitrogens with zero attached hydrogens (tertiary/aromatic N) is 1. The van der Waals surface area contributed by atoms with Crippen LogP contribution in [-0.2, 0) is 6.54 Å². The number of nitrogens with one attached hydrogen (secondary N) is 1. The summed E-state index contributed by atoms with van der Waals surface area (Å²) in [5.74, 6) is 0. The van der Waals surface area contributed by atoms with E-state index in [0.29, 0.717) is 5.22 Å². The van der Waals surface area contributed by atoms with Crippen LogP contribution in [0.15, 0.2) is 39.0 Å². The molecule has 0 unspecified atom stereocenters. The monoisotopic (exact) mass is 282 g/mol. The van der Waals surface area contributed by atoms with Gasteiger partial charge in [0.2, 0.25) is 0 Å². The molecule has 5 heteroatoms. The Hall–Kier alpha value is -0.970. The maximum atomic E-state index is 6.04. The molecule has 0 radical (unpaired) electrons. The van der Waals surface area contributed by atoms with Crippen molar-refractivity contribution >= 4 is 23.4 Å². The molecule has 0 fully saturated rings. The number of aromatic nitrogens is 1. The van der Waals surface area contributed by atoms with Crippen molar-refractivity contribution < 1.29 is 4.42 Å². The highest BCUT2D eigenvalue weighted by Crippen LogP contribution is 2.31. The summed E-state index contributed by atoms with van der Waals surface area (Å²) < 4.78 is 5.36. The molecule has 1 heterocycles. The van der Waals surface area contributed by atoms with Gasteiger partial charge in [-0.05, 0) is 42.9 Å². The lowest BCUT2D eigenvalue weighted by molar-refractivity contribution is 0.454. The number of hydrogen-bond donors (Lipinski definition) is 1. The minimum atomic E-state index is 0.646. The van der Waals surface area contributed by atoms with Gasteiger partial charge in [0.15, 0.2) is 0 Å². The van der Waals surface area contributed by atoms with Gasteiger partial charge in [0.1, 0.15) is 6.26 Å². The zero-order valence-electron chi connectivity index (χ0n) is 10.4. The van der Waals surface area contributed by atoms with E-state index < -0.39 is 0 Å². The van der Waals surface area contributed by atoms with Crippen LogP contribution in [-0.4, -0.2) is 11.5 Å². The summed E-state index contributed by atoms with van der Waals surface area (Å²) in [6.07, 6.45) is 1.65. The van der Waals surface area contributed by atoms with E-state index in [-0.39, 0.29) is 0 Å². The smallest absolute Gasteiger partial charge is 0.260 e. The second-order valence-electron chi connectivity index (χ2n) is 3.89. The van der Waals surface area contributed by atoms with Gasteiger partial charge in [0.05, 0.1) is 5.69 Å². The zero-order valence-corrected chi connectivity index (χ0v) is 11.9. The van der Waals surface area contributed by atoms with E-state index in [1.807, 2.05) is 25.1 Å². The predicted octanol–water partition coefficient (Wildman–Crippen LogP) is 3.90. The number of oxazole rings is 1. The third-order valence-corrected chi connectivity index (χ3v) is 3.59. The molecule has 0 aliphatic heterocycles. The molecule has 0 aliphatic carbocycles. The van der Waals surface area contributed by atoms with Gasteiger partial charge in [0.25, 0.3) is 5.22 Å². The van der Waals surface area contributed by atoms with E-state index in [1.165, 1.54) is 17.3 Å². The van der Waals surface area contributed by atoms with Crippen LogP contribution in [0.5, 0.6) is 0 Å². The number of aryl methyl sites for hydroxylation is 1. The summed E-state index contributed by atoms with van der Waals surface area (Å²) in [6, 6.07) is 5.88. The molecular formula is C13H15ClN2OS. The summed E-state index contributed by atoms with van der Waals surface area (Å²) in [4.78, 5) is 5.36. The molecule has 2 aromatic rings. The quantitative estimate of drug-likeness (QED) is 0.903. The van der Waals surface area contributed by atoms with Crippen LogP contribution in [0.1, 0.15) is 18.2 Å². The first kappa shape index (κ1) is 13.5. The maximum Gasteiger partial charge on any atom is 0.260 e. The lowest BCUT2D eigenvalue weighted by atomic mass is 10.2. The standard InChI is InChI=1S/C13H15ClN2OS/c1-3-15-7-10-4-5-11(14)6-12(10)18-13-16-9(2)8-17-13/h4-6,8,15H,3,7H2,1-2H3. The third-order valence-electron chi connectivity index (χ3n) is 2.39. The molecule has 1 aromatic heterocycles. The van der Waals surface area contributed by atoms with Crippen molar-refractivity contribution in [3.63, 3.8) is 0 Å². The molecule has 0 saturated heterocycles. The average molecular weight is 283 g/mol. The van der Waals surface area contributed by atoms with Crippen molar-refractivity contribution in [1.82, 2.24) is 10.3 Å². The van der Waals surface area contributed by atoms with E-state index in [0.717, 1.165) is 28.7 Å². The Labute approximate surface area is 116 Å². The minimum Gasteiger partial charge on any atom is -0.439 e. The summed E-state index contributed by atoms with van der Waals surface area (Å²) in [6.45, 7) is 5.74. The van der Waals surface area contributed by atoms with Crippen LogP contribution in [0.3, 0.4) is 0 Å². The van der Waals surface area contributed by atoms with Crippen LogP contribution in [0.2, 0.25) is 5.02 Å². The molecule has 2 rings (SSSR count). The molecular weight excluding hydrogens is 268 g/mol. The average Bonchev–Trinajstić information content (AvgIpc) is 2.74. The molecule has 0 aliphatic rings. The third kappa shape index (κ3) is 3.51. The van der Waals surface area contributed by atoms with E-state index in [9.17, 15) is 0 Å². The minimum absolute atomic E-state index is 0.646. The van der Waals surface area contributed by atoms with Crippen LogP contribution in [0.25, 0.3) is 0 Å². The normalized spacial score (nSPS) is 10.8. The lowest BCUT2D eigenvalue weighted by Crippen LogP contribution is -2.12. The summed E-state index contributed by atoms with van der Waals surface area (Å²) >= 11 is 7.53. The fourth-order valence-corrected chi connectivity index (χ4v) is 2.67. The molecule has 0 saturated carbocycles. The Morgan fingerprint density at radius 1 is 1.44 bits per heavy atom. The van der Waals surface area contributed by atoms with E-state index in [4.69, 9.17) is 16.0 Å². The van der Waals surface area contributed by atoms with E-state index in [2.05, 4.69) is 17.2 Å². The Balaban J connectivity index is 2.21. The SMILES string of the molecule is CCNCc1ccc(Cl)cc1Sc1nc(C)co1. The summed E-state index contributed by atoms with van der Waals surface area (Å²) in [5.41, 5.74) is 2.08. The number of rotatable bonds is 5. The second-order valence-corrected chi connectivity index (χ2v) is 5.32. The topological polar surface area (TPSA) is 38.1 Å². The molecule has 1 aromatic carbocycles. The summed E-state index contributed by atoms with van der Waals surface area (Å²) in [7, 11) is 0. The molecule has 0 bridgehead atoms. The number of benzene rings is 1. The van der Waals surface area contributed by atoms with Crippen molar-refractivity contribution in [3.05, 3.63) is 40.7 Å². The Morgan fingerprint density at radius 3 is 2.94 bits per heavy atom. The highest BCUT2D eigenvalue weighted by Gasteiger charge is 2.09. The highest BCUT2D eigenvalue weighted by molar-refractivity contribution is 7.99. The first-order valence-electron chi connectivity index (χ1n) is 5.78. The molecule has 3 nitrogen and oxygen atoms in total. The van der Waals surface area contributed by atoms with Gasteiger partial charge in [-0.15, -0.1) is 0 Å². The van der Waals surface area contributed by atoms with Gasteiger partial charge in [-0.25, -0.2) is 4.98 Å². The Morgan fingerprint density at radius 2 is 2.28 bits per heavy atom. The predicted molar refractivity (Wildman–Crippen MR) is 74.2 cm³/mol. The Bertz CT molecular complexity index is 527. The van der Waals surface area contributed by atoms with Crippen molar-refractivity contribution in [2.75, 3.05) is 6.54 Å². The van der Waals surface area contributed by atoms with Crippen LogP contribution < -0.4 is 5.32 Å². The van der Waals surface area contributed by atoms with Gasteiger partial charge in [-0.3, -0.25) is 0 Å². The fourth-order valence-electron chi connectivity index (χ4n) is 1.50. The first-order chi connectivity index (χ1) is 8.69. The van der Waals surface area contributed by atoms with Crippen LogP contribution in [0.4, 0.5) is 0 Å². The number of hydrogen-bond acceptors (Lipinski definition) is 4. The lowest BCUT2D eigenvalue weighted by Gasteiger charge is -2.08. The largest absolute Gasteiger partial charge is 0.439 e. The Kier molecular flexibility index (Phi) is 4.69. The summed E-state index contributed by atoms with van der Waals surface area (Å²) in [5, 5.41) is 4.68. The molecule has 0 spiro atoms. The van der Waals surface area contributed by atoms with Crippen molar-refractivity contribution in [2.24, 2.45) is 0 Å². The molecule has 0 atom stereocenters. The van der Waals surface area contributed by atoms with Gasteiger partial charge >= 0.3 is 0 Å². The molecule has 18 heavy (non-hydrogen) atoms. The zero-order chi connectivity index (χ0) is 13.0. The van der Waals surface area contributed by atoms with E-state index >= 15 is 0 Å². The first-order valence-corrected chi connectivity index (χ1v) is 6.97. The van der Waals surface area contributed by atoms with Gasteiger partial charge < -0.3 is 9.73 Å². The molecule has 0 amide bonds. The highest BCUT2D eigenvalue weighted by atomic mass is 35.5. The number of halogens is 1. The molecule has 96 valence electrons. The van der Waals surface area contributed by atoms with E-state index in [1.54, 1.807) is 6.26 Å². The van der Waals surface area contributed by atoms with Gasteiger partial charge in [-0.2, -0.15) is 0 Å². The molecule has 1 N–H and O–H groups in total. The van der Waals surface area contributed by atoms with Crippen LogP contribution >= 0.6 is 23.4 Å². The second kappa shape index (κ2) is 6.27. The van der Waals surface area contributed by atoms with Crippen molar-refractivity contribution in [3.8, 4) is 0 Å². The maximum absolute atomic E-state index is 6.04. The van der Waals surface area contributed by atoms with Crippen molar-refractivity contribution in [2.45, 2.75) is 30.5 Å². The van der Waals surface area contributed by atoms with Gasteiger partial charge in [-0.1, -0.05) is 24.6 Å². The van der Waals surface area contributed by atoms with Gasteiger partial charge in [0, 0.05) is 16.5 Å². The van der Waals surface area contributed by atoms with Crippen molar-refractivity contribution in [1.29, 1.82) is 0 Å². The van der Waals surface area contributed by atoms with Crippen LogP contribution in [0, 0.1) is 6.92 Å².